The molecule has 2 atom stereocenters. The molecule has 0 aromatic heterocycles. The van der Waals surface area contributed by atoms with E-state index >= 15 is 0 Å². The van der Waals surface area contributed by atoms with Crippen LogP contribution in [0.4, 0.5) is 13.2 Å². The molecule has 25 heavy (non-hydrogen) atoms. The lowest BCUT2D eigenvalue weighted by Crippen LogP contribution is -2.64. The number of nitrogens with one attached hydrogen (secondary N) is 1. The maximum Gasteiger partial charge on any atom is 0.460 e. The Bertz CT molecular complexity index is 662. The second-order valence-electron chi connectivity index (χ2n) is 5.61. The molecule has 0 aliphatic carbocycles. The Hall–Kier alpha value is -2.33. The maximum atomic E-state index is 13.3. The average Bonchev–Trinajstić information content (AvgIpc) is 2.94. The number of carbonyl (C=O) groups excluding carboxylic acids is 1. The van der Waals surface area contributed by atoms with E-state index < -0.39 is 23.9 Å². The van der Waals surface area contributed by atoms with Gasteiger partial charge in [0.25, 0.3) is 5.91 Å². The fourth-order valence-corrected chi connectivity index (χ4v) is 2.61. The molecule has 1 fully saturated rings. The molecular formula is C15H16F3N3O4. The van der Waals surface area contributed by atoms with Crippen LogP contribution in [0.15, 0.2) is 35.5 Å². The number of hydrogen-bond acceptors (Lipinski definition) is 6. The molecule has 2 aliphatic rings. The third-order valence-corrected chi connectivity index (χ3v) is 3.98. The van der Waals surface area contributed by atoms with Crippen LogP contribution in [0.5, 0.6) is 0 Å². The molecule has 0 radical (unpaired) electrons. The van der Waals surface area contributed by atoms with Crippen molar-refractivity contribution in [2.75, 3.05) is 26.3 Å². The summed E-state index contributed by atoms with van der Waals surface area (Å²) >= 11 is 0. The lowest BCUT2D eigenvalue weighted by Gasteiger charge is -2.34. The lowest BCUT2D eigenvalue weighted by molar-refractivity contribution is -0.361. The minimum absolute atomic E-state index is 0.153. The van der Waals surface area contributed by atoms with Crippen molar-refractivity contribution in [2.45, 2.75) is 18.0 Å². The first-order chi connectivity index (χ1) is 11.8. The van der Waals surface area contributed by atoms with Crippen LogP contribution in [0.3, 0.4) is 0 Å². The summed E-state index contributed by atoms with van der Waals surface area (Å²) in [5, 5.41) is 15.7. The molecule has 0 saturated carbocycles. The first-order valence-corrected chi connectivity index (χ1v) is 7.57. The van der Waals surface area contributed by atoms with Gasteiger partial charge in [0, 0.05) is 18.7 Å². The number of alkyl halides is 3. The SMILES string of the molecule is O=C(N[C@@H]1C(N2CCOCC2)=NO[C@@]1(O)C(F)(F)F)c1ccccc1. The molecule has 2 heterocycles. The average molecular weight is 359 g/mol. The van der Waals surface area contributed by atoms with Crippen molar-refractivity contribution in [1.29, 1.82) is 0 Å². The number of benzene rings is 1. The molecular weight excluding hydrogens is 343 g/mol. The highest BCUT2D eigenvalue weighted by atomic mass is 19.4. The van der Waals surface area contributed by atoms with Crippen LogP contribution in [0, 0.1) is 0 Å². The zero-order valence-electron chi connectivity index (χ0n) is 13.0. The maximum absolute atomic E-state index is 13.3. The summed E-state index contributed by atoms with van der Waals surface area (Å²) in [5.74, 6) is -4.60. The summed E-state index contributed by atoms with van der Waals surface area (Å²) in [6.45, 7) is 1.13. The molecule has 136 valence electrons. The number of morpholine rings is 1. The van der Waals surface area contributed by atoms with E-state index in [1.807, 2.05) is 0 Å². The standard InChI is InChI=1S/C15H16F3N3O4/c16-15(17,18)14(23)11(19-13(22)10-4-2-1-3-5-10)12(20-25-14)21-6-8-24-9-7-21/h1-5,11,23H,6-9H2,(H,19,22)/t11-,14-/m1/s1. The van der Waals surface area contributed by atoms with Crippen LogP contribution in [0.25, 0.3) is 0 Å². The number of nitrogens with zero attached hydrogens (tertiary/aromatic N) is 2. The quantitative estimate of drug-likeness (QED) is 0.813. The predicted molar refractivity (Wildman–Crippen MR) is 79.6 cm³/mol. The van der Waals surface area contributed by atoms with Gasteiger partial charge < -0.3 is 24.9 Å². The molecule has 0 unspecified atom stereocenters. The van der Waals surface area contributed by atoms with Crippen LogP contribution >= 0.6 is 0 Å². The summed E-state index contributed by atoms with van der Waals surface area (Å²) in [7, 11) is 0. The second kappa shape index (κ2) is 6.52. The predicted octanol–water partition coefficient (Wildman–Crippen LogP) is 0.712. The topological polar surface area (TPSA) is 83.4 Å². The van der Waals surface area contributed by atoms with E-state index in [9.17, 15) is 23.1 Å². The molecule has 0 bridgehead atoms. The number of aliphatic hydroxyl groups is 1. The van der Waals surface area contributed by atoms with Gasteiger partial charge in [0.15, 0.2) is 11.9 Å². The molecule has 7 nitrogen and oxygen atoms in total. The van der Waals surface area contributed by atoms with Gasteiger partial charge in [-0.3, -0.25) is 4.79 Å². The third kappa shape index (κ3) is 3.27. The van der Waals surface area contributed by atoms with E-state index in [0.717, 1.165) is 0 Å². The van der Waals surface area contributed by atoms with Gasteiger partial charge in [0.1, 0.15) is 0 Å². The minimum atomic E-state index is -5.15. The Morgan fingerprint density at radius 1 is 1.28 bits per heavy atom. The number of halogens is 3. The highest BCUT2D eigenvalue weighted by molar-refractivity contribution is 5.99. The number of oxime groups is 1. The Morgan fingerprint density at radius 3 is 2.52 bits per heavy atom. The first kappa shape index (κ1) is 17.5. The zero-order valence-corrected chi connectivity index (χ0v) is 13.0. The molecule has 1 amide bonds. The number of rotatable bonds is 2. The van der Waals surface area contributed by atoms with Gasteiger partial charge >= 0.3 is 12.0 Å². The number of amides is 1. The summed E-state index contributed by atoms with van der Waals surface area (Å²) in [5.41, 5.74) is 0.153. The van der Waals surface area contributed by atoms with Crippen molar-refractivity contribution in [2.24, 2.45) is 5.16 Å². The lowest BCUT2D eigenvalue weighted by atomic mass is 10.0. The number of hydrogen-bond donors (Lipinski definition) is 2. The smallest absolute Gasteiger partial charge is 0.378 e. The van der Waals surface area contributed by atoms with Gasteiger partial charge in [-0.05, 0) is 12.1 Å². The van der Waals surface area contributed by atoms with E-state index in [-0.39, 0.29) is 24.5 Å². The first-order valence-electron chi connectivity index (χ1n) is 7.57. The normalized spacial score (nSPS) is 26.8. The third-order valence-electron chi connectivity index (χ3n) is 3.98. The Kier molecular flexibility index (Phi) is 4.56. The summed E-state index contributed by atoms with van der Waals surface area (Å²) in [6, 6.07) is 5.83. The van der Waals surface area contributed by atoms with E-state index in [1.165, 1.54) is 17.0 Å². The van der Waals surface area contributed by atoms with Crippen molar-refractivity contribution in [3.05, 3.63) is 35.9 Å². The van der Waals surface area contributed by atoms with Crippen LogP contribution in [0.2, 0.25) is 0 Å². The molecule has 3 rings (SSSR count). The van der Waals surface area contributed by atoms with Gasteiger partial charge in [0.05, 0.1) is 13.2 Å². The number of amidine groups is 1. The number of carbonyl (C=O) groups is 1. The molecule has 2 N–H and O–H groups in total. The zero-order chi connectivity index (χ0) is 18.1. The Balaban J connectivity index is 1.87. The van der Waals surface area contributed by atoms with Gasteiger partial charge in [-0.25, -0.2) is 0 Å². The highest BCUT2D eigenvalue weighted by Gasteiger charge is 2.68. The van der Waals surface area contributed by atoms with E-state index in [0.29, 0.717) is 13.2 Å². The van der Waals surface area contributed by atoms with E-state index in [1.54, 1.807) is 18.2 Å². The summed E-state index contributed by atoms with van der Waals surface area (Å²) < 4.78 is 45.2. The van der Waals surface area contributed by atoms with Crippen LogP contribution in [0.1, 0.15) is 10.4 Å². The van der Waals surface area contributed by atoms with Crippen molar-refractivity contribution >= 4 is 11.7 Å². The monoisotopic (exact) mass is 359 g/mol. The summed E-state index contributed by atoms with van der Waals surface area (Å²) in [6.07, 6.45) is -5.15. The van der Waals surface area contributed by atoms with Gasteiger partial charge in [-0.1, -0.05) is 23.4 Å². The van der Waals surface area contributed by atoms with E-state index in [4.69, 9.17) is 4.74 Å². The van der Waals surface area contributed by atoms with Gasteiger partial charge in [-0.2, -0.15) is 13.2 Å². The molecule has 1 aromatic carbocycles. The molecule has 1 aromatic rings. The Morgan fingerprint density at radius 2 is 1.92 bits per heavy atom. The fraction of sp³-hybridized carbons (Fsp3) is 0.467. The minimum Gasteiger partial charge on any atom is -0.378 e. The highest BCUT2D eigenvalue weighted by Crippen LogP contribution is 2.39. The van der Waals surface area contributed by atoms with Crippen LogP contribution < -0.4 is 5.32 Å². The molecule has 10 heteroatoms. The number of ether oxygens (including phenoxy) is 1. The molecule has 1 saturated heterocycles. The van der Waals surface area contributed by atoms with Gasteiger partial charge in [-0.15, -0.1) is 0 Å². The molecule has 0 spiro atoms. The fourth-order valence-electron chi connectivity index (χ4n) is 2.61. The van der Waals surface area contributed by atoms with E-state index in [2.05, 4.69) is 15.3 Å². The molecule has 2 aliphatic heterocycles. The second-order valence-corrected chi connectivity index (χ2v) is 5.61. The van der Waals surface area contributed by atoms with Crippen molar-refractivity contribution in [3.63, 3.8) is 0 Å². The Labute approximate surface area is 141 Å². The summed E-state index contributed by atoms with van der Waals surface area (Å²) in [4.78, 5) is 18.1. The van der Waals surface area contributed by atoms with Crippen molar-refractivity contribution in [3.8, 4) is 0 Å². The van der Waals surface area contributed by atoms with Gasteiger partial charge in [0.2, 0.25) is 0 Å². The van der Waals surface area contributed by atoms with Crippen molar-refractivity contribution < 1.29 is 32.6 Å². The van der Waals surface area contributed by atoms with Crippen LogP contribution in [-0.4, -0.2) is 66.1 Å². The largest absolute Gasteiger partial charge is 0.460 e. The van der Waals surface area contributed by atoms with Crippen molar-refractivity contribution in [1.82, 2.24) is 10.2 Å². The van der Waals surface area contributed by atoms with Crippen LogP contribution in [-0.2, 0) is 9.57 Å².